The summed E-state index contributed by atoms with van der Waals surface area (Å²) in [4.78, 5) is 24.1. The number of hydrogen-bond donors (Lipinski definition) is 3. The van der Waals surface area contributed by atoms with Crippen LogP contribution in [0.2, 0.25) is 0 Å². The second kappa shape index (κ2) is 8.14. The standard InChI is InChI=1S/C15H21F2N3O2S/c1-9(12(21)20-15(2,3)4)18-14(22)19-10-6-5-7-11(8-10)23-13(16)17/h5-9,13H,1-4H3,(H,20,21)(H2,18,19,22)/t9-/m0/s1. The van der Waals surface area contributed by atoms with Crippen LogP contribution in [-0.2, 0) is 4.79 Å². The summed E-state index contributed by atoms with van der Waals surface area (Å²) in [6, 6.07) is 4.80. The van der Waals surface area contributed by atoms with Gasteiger partial charge < -0.3 is 16.0 Å². The smallest absolute Gasteiger partial charge is 0.319 e. The van der Waals surface area contributed by atoms with Gasteiger partial charge in [0.15, 0.2) is 0 Å². The summed E-state index contributed by atoms with van der Waals surface area (Å²) < 4.78 is 24.7. The van der Waals surface area contributed by atoms with Gasteiger partial charge in [-0.05, 0) is 45.9 Å². The summed E-state index contributed by atoms with van der Waals surface area (Å²) in [6.45, 7) is 7.07. The van der Waals surface area contributed by atoms with E-state index in [4.69, 9.17) is 0 Å². The molecule has 0 bridgehead atoms. The average molecular weight is 345 g/mol. The van der Waals surface area contributed by atoms with Crippen LogP contribution in [0.15, 0.2) is 29.2 Å². The quantitative estimate of drug-likeness (QED) is 0.716. The highest BCUT2D eigenvalue weighted by atomic mass is 32.2. The Morgan fingerprint density at radius 2 is 1.87 bits per heavy atom. The third-order valence-electron chi connectivity index (χ3n) is 2.56. The van der Waals surface area contributed by atoms with Gasteiger partial charge in [-0.15, -0.1) is 0 Å². The Hall–Kier alpha value is -1.83. The topological polar surface area (TPSA) is 70.2 Å². The molecule has 0 spiro atoms. The van der Waals surface area contributed by atoms with E-state index in [2.05, 4.69) is 16.0 Å². The Kier molecular flexibility index (Phi) is 6.80. The van der Waals surface area contributed by atoms with Crippen molar-refractivity contribution >= 4 is 29.4 Å². The van der Waals surface area contributed by atoms with Crippen LogP contribution in [0.1, 0.15) is 27.7 Å². The highest BCUT2D eigenvalue weighted by molar-refractivity contribution is 7.99. The number of amides is 3. The molecule has 23 heavy (non-hydrogen) atoms. The third-order valence-corrected chi connectivity index (χ3v) is 3.26. The predicted octanol–water partition coefficient (Wildman–Crippen LogP) is 3.43. The molecule has 0 saturated carbocycles. The Balaban J connectivity index is 2.58. The highest BCUT2D eigenvalue weighted by Gasteiger charge is 2.20. The lowest BCUT2D eigenvalue weighted by molar-refractivity contribution is -0.123. The number of benzene rings is 1. The van der Waals surface area contributed by atoms with Crippen molar-refractivity contribution in [1.29, 1.82) is 0 Å². The maximum absolute atomic E-state index is 12.3. The van der Waals surface area contributed by atoms with E-state index in [0.717, 1.165) is 0 Å². The number of anilines is 1. The third kappa shape index (κ3) is 7.83. The molecule has 0 aliphatic heterocycles. The van der Waals surface area contributed by atoms with Crippen LogP contribution in [0.4, 0.5) is 19.3 Å². The van der Waals surface area contributed by atoms with E-state index in [1.807, 2.05) is 20.8 Å². The number of hydrogen-bond acceptors (Lipinski definition) is 3. The van der Waals surface area contributed by atoms with Crippen molar-refractivity contribution in [2.24, 2.45) is 0 Å². The van der Waals surface area contributed by atoms with Crippen LogP contribution >= 0.6 is 11.8 Å². The van der Waals surface area contributed by atoms with Gasteiger partial charge in [0, 0.05) is 16.1 Å². The van der Waals surface area contributed by atoms with Crippen LogP contribution in [0.25, 0.3) is 0 Å². The zero-order chi connectivity index (χ0) is 17.6. The molecule has 0 aliphatic rings. The van der Waals surface area contributed by atoms with Gasteiger partial charge in [-0.25, -0.2) is 4.79 Å². The van der Waals surface area contributed by atoms with Crippen molar-refractivity contribution in [3.8, 4) is 0 Å². The van der Waals surface area contributed by atoms with E-state index >= 15 is 0 Å². The molecule has 1 rings (SSSR count). The Morgan fingerprint density at radius 1 is 1.22 bits per heavy atom. The molecule has 0 fully saturated rings. The Bertz CT molecular complexity index is 562. The molecule has 0 heterocycles. The molecular weight excluding hydrogens is 324 g/mol. The SMILES string of the molecule is C[C@H](NC(=O)Nc1cccc(SC(F)F)c1)C(=O)NC(C)(C)C. The van der Waals surface area contributed by atoms with Crippen molar-refractivity contribution in [2.45, 2.75) is 49.9 Å². The fourth-order valence-corrected chi connectivity index (χ4v) is 2.22. The van der Waals surface area contributed by atoms with E-state index in [-0.39, 0.29) is 5.91 Å². The normalized spacial score (nSPS) is 12.7. The summed E-state index contributed by atoms with van der Waals surface area (Å²) in [6.07, 6.45) is 0. The summed E-state index contributed by atoms with van der Waals surface area (Å²) >= 11 is 0.396. The maximum Gasteiger partial charge on any atom is 0.319 e. The number of urea groups is 1. The number of alkyl halides is 2. The van der Waals surface area contributed by atoms with E-state index in [0.29, 0.717) is 22.3 Å². The van der Waals surface area contributed by atoms with Crippen LogP contribution in [0.3, 0.4) is 0 Å². The average Bonchev–Trinajstić information content (AvgIpc) is 2.35. The molecule has 3 N–H and O–H groups in total. The number of carbonyl (C=O) groups excluding carboxylic acids is 2. The summed E-state index contributed by atoms with van der Waals surface area (Å²) in [5.41, 5.74) is -0.0267. The first-order chi connectivity index (χ1) is 10.6. The zero-order valence-corrected chi connectivity index (χ0v) is 14.3. The summed E-state index contributed by atoms with van der Waals surface area (Å²) in [5.74, 6) is -2.84. The van der Waals surface area contributed by atoms with Crippen molar-refractivity contribution < 1.29 is 18.4 Å². The van der Waals surface area contributed by atoms with E-state index in [1.165, 1.54) is 12.1 Å². The molecule has 0 radical (unpaired) electrons. The van der Waals surface area contributed by atoms with E-state index in [1.54, 1.807) is 19.1 Å². The minimum absolute atomic E-state index is 0.311. The lowest BCUT2D eigenvalue weighted by atomic mass is 10.1. The highest BCUT2D eigenvalue weighted by Crippen LogP contribution is 2.27. The van der Waals surface area contributed by atoms with E-state index in [9.17, 15) is 18.4 Å². The molecule has 0 unspecified atom stereocenters. The maximum atomic E-state index is 12.3. The van der Waals surface area contributed by atoms with Gasteiger partial charge in [0.05, 0.1) is 0 Å². The van der Waals surface area contributed by atoms with Crippen molar-refractivity contribution in [2.75, 3.05) is 5.32 Å². The van der Waals surface area contributed by atoms with Crippen molar-refractivity contribution in [1.82, 2.24) is 10.6 Å². The van der Waals surface area contributed by atoms with Crippen molar-refractivity contribution in [3.05, 3.63) is 24.3 Å². The molecule has 1 atom stereocenters. The summed E-state index contributed by atoms with van der Waals surface area (Å²) in [5, 5.41) is 7.76. The number of thioether (sulfide) groups is 1. The minimum atomic E-state index is -2.53. The van der Waals surface area contributed by atoms with Crippen LogP contribution < -0.4 is 16.0 Å². The van der Waals surface area contributed by atoms with Crippen LogP contribution in [-0.4, -0.2) is 29.3 Å². The predicted molar refractivity (Wildman–Crippen MR) is 87.8 cm³/mol. The first kappa shape index (κ1) is 19.2. The summed E-state index contributed by atoms with van der Waals surface area (Å²) in [7, 11) is 0. The number of halogens is 2. The molecular formula is C15H21F2N3O2S. The lowest BCUT2D eigenvalue weighted by Gasteiger charge is -2.23. The lowest BCUT2D eigenvalue weighted by Crippen LogP contribution is -2.51. The molecule has 0 saturated heterocycles. The number of nitrogens with one attached hydrogen (secondary N) is 3. The Morgan fingerprint density at radius 3 is 2.43 bits per heavy atom. The van der Waals surface area contributed by atoms with Gasteiger partial charge in [-0.1, -0.05) is 17.8 Å². The number of carbonyl (C=O) groups is 2. The second-order valence-electron chi connectivity index (χ2n) is 5.97. The molecule has 8 heteroatoms. The van der Waals surface area contributed by atoms with Gasteiger partial charge in [-0.3, -0.25) is 4.79 Å². The molecule has 1 aromatic rings. The molecule has 128 valence electrons. The molecule has 0 aliphatic carbocycles. The monoisotopic (exact) mass is 345 g/mol. The largest absolute Gasteiger partial charge is 0.350 e. The van der Waals surface area contributed by atoms with Gasteiger partial charge in [-0.2, -0.15) is 8.78 Å². The van der Waals surface area contributed by atoms with Gasteiger partial charge in [0.2, 0.25) is 5.91 Å². The molecule has 1 aromatic carbocycles. The first-order valence-electron chi connectivity index (χ1n) is 7.01. The van der Waals surface area contributed by atoms with E-state index < -0.39 is 23.4 Å². The van der Waals surface area contributed by atoms with Crippen LogP contribution in [0, 0.1) is 0 Å². The number of rotatable bonds is 5. The molecule has 0 aromatic heterocycles. The fourth-order valence-electron chi connectivity index (χ4n) is 1.66. The second-order valence-corrected chi connectivity index (χ2v) is 7.03. The van der Waals surface area contributed by atoms with Gasteiger partial charge >= 0.3 is 6.03 Å². The fraction of sp³-hybridized carbons (Fsp3) is 0.467. The first-order valence-corrected chi connectivity index (χ1v) is 7.89. The minimum Gasteiger partial charge on any atom is -0.350 e. The molecule has 5 nitrogen and oxygen atoms in total. The van der Waals surface area contributed by atoms with Gasteiger partial charge in [0.1, 0.15) is 6.04 Å². The zero-order valence-electron chi connectivity index (χ0n) is 13.4. The van der Waals surface area contributed by atoms with Gasteiger partial charge in [0.25, 0.3) is 5.76 Å². The van der Waals surface area contributed by atoms with Crippen LogP contribution in [0.5, 0.6) is 0 Å². The molecule has 3 amide bonds. The Labute approximate surface area is 138 Å². The van der Waals surface area contributed by atoms with Crippen molar-refractivity contribution in [3.63, 3.8) is 0 Å².